The number of halogens is 1. The zero-order valence-electron chi connectivity index (χ0n) is 28.2. The third-order valence-electron chi connectivity index (χ3n) is 10.1. The quantitative estimate of drug-likeness (QED) is 0.124. The van der Waals surface area contributed by atoms with Gasteiger partial charge in [-0.15, -0.1) is 0 Å². The van der Waals surface area contributed by atoms with Crippen LogP contribution in [0.4, 0.5) is 17.1 Å². The summed E-state index contributed by atoms with van der Waals surface area (Å²) in [7, 11) is -1.77. The van der Waals surface area contributed by atoms with Crippen LogP contribution in [0.1, 0.15) is 0 Å². The smallest absolute Gasteiger partial charge is 0.0629 e. The van der Waals surface area contributed by atoms with Crippen LogP contribution in [0.3, 0.4) is 0 Å². The standard InChI is InChI=1S/C48H32INP2/c49-39-25-21-35(22-26-39)38-31-46-48-47(32-38)52(41-19-11-4-12-20-41)45-30-37(34-15-7-2-8-16-34)24-28-43(45)50(48)42-27-23-36(33-13-5-1-6-14-33)29-44(42)51(46)40-17-9-3-10-18-40/h1-32H. The number of nitrogens with zero attached hydrogens (tertiary/aromatic N) is 1. The van der Waals surface area contributed by atoms with E-state index in [1.807, 2.05) is 0 Å². The lowest BCUT2D eigenvalue weighted by molar-refractivity contribution is 1.31. The van der Waals surface area contributed by atoms with Gasteiger partial charge in [0.15, 0.2) is 0 Å². The SMILES string of the molecule is Ic1ccc(-c2cc3c4c(c2)P(c2ccccc2)c2cc(-c5ccccc5)ccc2N4c2ccc(-c4ccccc4)cc2P3c2ccccc2)cc1. The topological polar surface area (TPSA) is 3.24 Å². The first-order valence-corrected chi connectivity index (χ1v) is 21.3. The molecule has 8 aromatic carbocycles. The minimum atomic E-state index is -0.885. The van der Waals surface area contributed by atoms with Crippen LogP contribution in [0.5, 0.6) is 0 Å². The zero-order valence-corrected chi connectivity index (χ0v) is 32.1. The molecule has 0 saturated carbocycles. The predicted octanol–water partition coefficient (Wildman–Crippen LogP) is 10.9. The van der Waals surface area contributed by atoms with Crippen molar-refractivity contribution in [1.29, 1.82) is 0 Å². The lowest BCUT2D eigenvalue weighted by Crippen LogP contribution is -2.43. The van der Waals surface area contributed by atoms with E-state index < -0.39 is 15.8 Å². The molecule has 0 saturated heterocycles. The molecule has 2 atom stereocenters. The maximum absolute atomic E-state index is 2.61. The average Bonchev–Trinajstić information content (AvgIpc) is 3.21. The summed E-state index contributed by atoms with van der Waals surface area (Å²) in [5.74, 6) is 0. The van der Waals surface area contributed by atoms with E-state index in [1.54, 1.807) is 0 Å². The molecule has 246 valence electrons. The molecule has 0 amide bonds. The van der Waals surface area contributed by atoms with Crippen molar-refractivity contribution in [3.63, 3.8) is 0 Å². The van der Waals surface area contributed by atoms with Gasteiger partial charge in [0, 0.05) is 24.8 Å². The van der Waals surface area contributed by atoms with Gasteiger partial charge in [0.05, 0.1) is 17.1 Å². The van der Waals surface area contributed by atoms with Gasteiger partial charge >= 0.3 is 0 Å². The molecule has 2 aliphatic heterocycles. The summed E-state index contributed by atoms with van der Waals surface area (Å²) < 4.78 is 1.25. The lowest BCUT2D eigenvalue weighted by Gasteiger charge is -2.45. The van der Waals surface area contributed by atoms with Crippen molar-refractivity contribution in [2.24, 2.45) is 0 Å². The highest BCUT2D eigenvalue weighted by atomic mass is 127. The second kappa shape index (κ2) is 13.3. The number of hydrogen-bond acceptors (Lipinski definition) is 1. The molecular formula is C48H32INP2. The molecule has 10 rings (SSSR count). The Kier molecular flexibility index (Phi) is 8.14. The van der Waals surface area contributed by atoms with Gasteiger partial charge in [-0.05, 0) is 131 Å². The monoisotopic (exact) mass is 811 g/mol. The van der Waals surface area contributed by atoms with Crippen LogP contribution >= 0.6 is 38.4 Å². The molecule has 0 radical (unpaired) electrons. The molecule has 0 aliphatic carbocycles. The van der Waals surface area contributed by atoms with E-state index in [1.165, 1.54) is 85.8 Å². The number of hydrogen-bond donors (Lipinski definition) is 0. The molecule has 0 fully saturated rings. The molecule has 0 spiro atoms. The van der Waals surface area contributed by atoms with E-state index >= 15 is 0 Å². The highest BCUT2D eigenvalue weighted by Gasteiger charge is 2.41. The van der Waals surface area contributed by atoms with E-state index in [-0.39, 0.29) is 0 Å². The Hall–Kier alpha value is -4.85. The van der Waals surface area contributed by atoms with Crippen molar-refractivity contribution >= 4 is 87.3 Å². The van der Waals surface area contributed by atoms with Crippen LogP contribution in [0, 0.1) is 3.57 Å². The number of rotatable bonds is 5. The Morgan fingerprint density at radius 2 is 0.692 bits per heavy atom. The van der Waals surface area contributed by atoms with Gasteiger partial charge in [0.1, 0.15) is 0 Å². The molecule has 52 heavy (non-hydrogen) atoms. The van der Waals surface area contributed by atoms with Crippen LogP contribution in [-0.4, -0.2) is 0 Å². The Bertz CT molecular complexity index is 2420. The fraction of sp³-hybridized carbons (Fsp3) is 0. The van der Waals surface area contributed by atoms with Crippen LogP contribution in [0.25, 0.3) is 33.4 Å². The fourth-order valence-corrected chi connectivity index (χ4v) is 13.5. The van der Waals surface area contributed by atoms with Crippen molar-refractivity contribution in [2.75, 3.05) is 4.90 Å². The predicted molar refractivity (Wildman–Crippen MR) is 235 cm³/mol. The maximum atomic E-state index is 2.61. The Labute approximate surface area is 321 Å². The minimum Gasteiger partial charge on any atom is -0.308 e. The van der Waals surface area contributed by atoms with Gasteiger partial charge in [-0.3, -0.25) is 0 Å². The summed E-state index contributed by atoms with van der Waals surface area (Å²) in [6.07, 6.45) is 0. The first-order chi connectivity index (χ1) is 25.7. The largest absolute Gasteiger partial charge is 0.308 e. The van der Waals surface area contributed by atoms with Crippen molar-refractivity contribution in [1.82, 2.24) is 0 Å². The molecule has 0 N–H and O–H groups in total. The highest BCUT2D eigenvalue weighted by molar-refractivity contribution is 14.1. The highest BCUT2D eigenvalue weighted by Crippen LogP contribution is 2.56. The summed E-state index contributed by atoms with van der Waals surface area (Å²) in [6.45, 7) is 0. The summed E-state index contributed by atoms with van der Waals surface area (Å²) >= 11 is 2.41. The Morgan fingerprint density at radius 1 is 0.327 bits per heavy atom. The summed E-state index contributed by atoms with van der Waals surface area (Å²) in [5.41, 5.74) is 11.4. The van der Waals surface area contributed by atoms with Gasteiger partial charge in [-0.2, -0.15) is 0 Å². The normalized spacial score (nSPS) is 15.4. The van der Waals surface area contributed by atoms with E-state index in [0.29, 0.717) is 0 Å². The minimum absolute atomic E-state index is 0.885. The first kappa shape index (κ1) is 31.9. The molecule has 0 aromatic heterocycles. The van der Waals surface area contributed by atoms with E-state index in [4.69, 9.17) is 0 Å². The molecule has 2 unspecified atom stereocenters. The average molecular weight is 812 g/mol. The second-order valence-corrected chi connectivity index (χ2v) is 18.7. The third kappa shape index (κ3) is 5.44. The van der Waals surface area contributed by atoms with Gasteiger partial charge < -0.3 is 4.90 Å². The zero-order chi connectivity index (χ0) is 34.6. The second-order valence-electron chi connectivity index (χ2n) is 13.2. The van der Waals surface area contributed by atoms with Crippen molar-refractivity contribution in [3.05, 3.63) is 198 Å². The maximum Gasteiger partial charge on any atom is 0.0629 e. The van der Waals surface area contributed by atoms with E-state index in [0.717, 1.165) is 0 Å². The third-order valence-corrected chi connectivity index (χ3v) is 15.8. The number of fused-ring (bicyclic) bond motifs is 4. The van der Waals surface area contributed by atoms with Gasteiger partial charge in [0.2, 0.25) is 0 Å². The van der Waals surface area contributed by atoms with Crippen LogP contribution in [0.15, 0.2) is 194 Å². The van der Waals surface area contributed by atoms with Crippen LogP contribution in [0.2, 0.25) is 0 Å². The number of anilines is 3. The van der Waals surface area contributed by atoms with Crippen molar-refractivity contribution in [3.8, 4) is 33.4 Å². The molecule has 8 aromatic rings. The van der Waals surface area contributed by atoms with Crippen molar-refractivity contribution < 1.29 is 0 Å². The lowest BCUT2D eigenvalue weighted by atomic mass is 10.0. The van der Waals surface area contributed by atoms with Gasteiger partial charge in [-0.25, -0.2) is 0 Å². The molecule has 2 aliphatic rings. The Morgan fingerprint density at radius 3 is 1.13 bits per heavy atom. The first-order valence-electron chi connectivity index (χ1n) is 17.5. The Balaban J connectivity index is 1.32. The van der Waals surface area contributed by atoms with Crippen molar-refractivity contribution in [2.45, 2.75) is 0 Å². The molecule has 4 heteroatoms. The fourth-order valence-electron chi connectivity index (χ4n) is 7.73. The van der Waals surface area contributed by atoms with Crippen LogP contribution in [-0.2, 0) is 0 Å². The van der Waals surface area contributed by atoms with Crippen LogP contribution < -0.4 is 36.7 Å². The summed E-state index contributed by atoms with van der Waals surface area (Å²) in [4.78, 5) is 2.61. The summed E-state index contributed by atoms with van der Waals surface area (Å²) in [5, 5.41) is 8.38. The number of benzene rings is 8. The van der Waals surface area contributed by atoms with E-state index in [9.17, 15) is 0 Å². The summed E-state index contributed by atoms with van der Waals surface area (Å²) in [6, 6.07) is 72.6. The molecule has 0 bridgehead atoms. The molecule has 1 nitrogen and oxygen atoms in total. The molecular weight excluding hydrogens is 779 g/mol. The van der Waals surface area contributed by atoms with Gasteiger partial charge in [0.25, 0.3) is 0 Å². The van der Waals surface area contributed by atoms with E-state index in [2.05, 4.69) is 222 Å². The molecule has 2 heterocycles. The van der Waals surface area contributed by atoms with Gasteiger partial charge in [-0.1, -0.05) is 146 Å².